The molecule has 1 aliphatic rings. The number of fused-ring (bicyclic) bond motifs is 1. The highest BCUT2D eigenvalue weighted by molar-refractivity contribution is 5.81. The largest absolute Gasteiger partial charge is 0.306 e. The van der Waals surface area contributed by atoms with Gasteiger partial charge in [-0.25, -0.2) is 0 Å². The standard InChI is InChI=1S/C15H21N3/c1-3-18-14-8-5-4-7-12(14)13(17-18)11-16-15(2)9-6-10-15/h4-5,7-8,16H,3,6,9-11H2,1-2H3. The van der Waals surface area contributed by atoms with Gasteiger partial charge in [-0.3, -0.25) is 4.68 Å². The van der Waals surface area contributed by atoms with Crippen LogP contribution in [0.15, 0.2) is 24.3 Å². The van der Waals surface area contributed by atoms with Crippen LogP contribution in [0.2, 0.25) is 0 Å². The third kappa shape index (κ3) is 1.93. The van der Waals surface area contributed by atoms with Crippen LogP contribution >= 0.6 is 0 Å². The first kappa shape index (κ1) is 11.7. The molecule has 1 aromatic heterocycles. The molecule has 1 heterocycles. The second-order valence-electron chi connectivity index (χ2n) is 5.55. The molecule has 1 N–H and O–H groups in total. The molecule has 96 valence electrons. The average Bonchev–Trinajstić information content (AvgIpc) is 2.72. The Morgan fingerprint density at radius 1 is 1.33 bits per heavy atom. The molecule has 1 aliphatic carbocycles. The molecule has 1 aromatic carbocycles. The fourth-order valence-electron chi connectivity index (χ4n) is 2.75. The van der Waals surface area contributed by atoms with Gasteiger partial charge >= 0.3 is 0 Å². The topological polar surface area (TPSA) is 29.9 Å². The van der Waals surface area contributed by atoms with E-state index >= 15 is 0 Å². The van der Waals surface area contributed by atoms with Gasteiger partial charge in [0.2, 0.25) is 0 Å². The number of rotatable bonds is 4. The lowest BCUT2D eigenvalue weighted by molar-refractivity contribution is 0.206. The minimum Gasteiger partial charge on any atom is -0.306 e. The van der Waals surface area contributed by atoms with Crippen LogP contribution < -0.4 is 5.32 Å². The van der Waals surface area contributed by atoms with Crippen molar-refractivity contribution < 1.29 is 0 Å². The van der Waals surface area contributed by atoms with Gasteiger partial charge in [0.15, 0.2) is 0 Å². The maximum Gasteiger partial charge on any atom is 0.0841 e. The summed E-state index contributed by atoms with van der Waals surface area (Å²) >= 11 is 0. The number of hydrogen-bond donors (Lipinski definition) is 1. The van der Waals surface area contributed by atoms with Crippen molar-refractivity contribution in [2.24, 2.45) is 0 Å². The molecule has 3 heteroatoms. The number of nitrogens with one attached hydrogen (secondary N) is 1. The van der Waals surface area contributed by atoms with Crippen molar-refractivity contribution in [2.45, 2.75) is 51.7 Å². The molecule has 0 atom stereocenters. The Hall–Kier alpha value is -1.35. The molecule has 0 bridgehead atoms. The molecule has 2 aromatic rings. The summed E-state index contributed by atoms with van der Waals surface area (Å²) in [7, 11) is 0. The van der Waals surface area contributed by atoms with Crippen molar-refractivity contribution in [1.29, 1.82) is 0 Å². The van der Waals surface area contributed by atoms with Gasteiger partial charge in [0, 0.05) is 24.0 Å². The molecule has 0 radical (unpaired) electrons. The molecule has 1 saturated carbocycles. The van der Waals surface area contributed by atoms with E-state index in [-0.39, 0.29) is 0 Å². The number of para-hydroxylation sites is 1. The fourth-order valence-corrected chi connectivity index (χ4v) is 2.75. The molecule has 0 spiro atoms. The smallest absolute Gasteiger partial charge is 0.0841 e. The number of nitrogens with zero attached hydrogens (tertiary/aromatic N) is 2. The predicted molar refractivity (Wildman–Crippen MR) is 74.5 cm³/mol. The van der Waals surface area contributed by atoms with Crippen LogP contribution in [0.4, 0.5) is 0 Å². The zero-order valence-corrected chi connectivity index (χ0v) is 11.2. The summed E-state index contributed by atoms with van der Waals surface area (Å²) in [6, 6.07) is 8.51. The van der Waals surface area contributed by atoms with Crippen molar-refractivity contribution >= 4 is 10.9 Å². The third-order valence-corrected chi connectivity index (χ3v) is 4.17. The predicted octanol–water partition coefficient (Wildman–Crippen LogP) is 3.09. The van der Waals surface area contributed by atoms with E-state index in [0.29, 0.717) is 5.54 Å². The van der Waals surface area contributed by atoms with E-state index in [1.54, 1.807) is 0 Å². The number of aryl methyl sites for hydroxylation is 1. The third-order valence-electron chi connectivity index (χ3n) is 4.17. The van der Waals surface area contributed by atoms with Gasteiger partial charge in [-0.1, -0.05) is 18.2 Å². The summed E-state index contributed by atoms with van der Waals surface area (Å²) in [5.74, 6) is 0. The lowest BCUT2D eigenvalue weighted by Crippen LogP contribution is -2.47. The maximum absolute atomic E-state index is 4.72. The van der Waals surface area contributed by atoms with Crippen LogP contribution in [0, 0.1) is 0 Å². The SMILES string of the molecule is CCn1nc(CNC2(C)CCC2)c2ccccc21. The van der Waals surface area contributed by atoms with Crippen LogP contribution in [-0.4, -0.2) is 15.3 Å². The van der Waals surface area contributed by atoms with Crippen LogP contribution in [0.3, 0.4) is 0 Å². The van der Waals surface area contributed by atoms with Gasteiger partial charge < -0.3 is 5.32 Å². The van der Waals surface area contributed by atoms with E-state index in [1.807, 2.05) is 0 Å². The molecule has 3 nitrogen and oxygen atoms in total. The number of hydrogen-bond acceptors (Lipinski definition) is 2. The molecular formula is C15H21N3. The van der Waals surface area contributed by atoms with Gasteiger partial charge in [-0.15, -0.1) is 0 Å². The highest BCUT2D eigenvalue weighted by atomic mass is 15.3. The Morgan fingerprint density at radius 3 is 2.78 bits per heavy atom. The first-order valence-electron chi connectivity index (χ1n) is 6.91. The minimum atomic E-state index is 0.344. The average molecular weight is 243 g/mol. The van der Waals surface area contributed by atoms with Gasteiger partial charge in [-0.05, 0) is 39.2 Å². The van der Waals surface area contributed by atoms with E-state index in [0.717, 1.165) is 13.1 Å². The molecule has 0 saturated heterocycles. The Bertz CT molecular complexity index is 552. The first-order valence-corrected chi connectivity index (χ1v) is 6.91. The minimum absolute atomic E-state index is 0.344. The van der Waals surface area contributed by atoms with Crippen molar-refractivity contribution in [3.05, 3.63) is 30.0 Å². The van der Waals surface area contributed by atoms with E-state index in [4.69, 9.17) is 5.10 Å². The van der Waals surface area contributed by atoms with Crippen molar-refractivity contribution in [2.75, 3.05) is 0 Å². The Labute approximate surface area is 108 Å². The first-order chi connectivity index (χ1) is 8.72. The zero-order chi connectivity index (χ0) is 12.6. The highest BCUT2D eigenvalue weighted by Crippen LogP contribution is 2.31. The molecule has 0 unspecified atom stereocenters. The Kier molecular flexibility index (Phi) is 2.86. The maximum atomic E-state index is 4.72. The van der Waals surface area contributed by atoms with Gasteiger partial charge in [0.25, 0.3) is 0 Å². The van der Waals surface area contributed by atoms with E-state index in [9.17, 15) is 0 Å². The number of benzene rings is 1. The van der Waals surface area contributed by atoms with Crippen LogP contribution in [-0.2, 0) is 13.1 Å². The summed E-state index contributed by atoms with van der Waals surface area (Å²) < 4.78 is 2.09. The molecule has 1 fully saturated rings. The second kappa shape index (κ2) is 4.39. The van der Waals surface area contributed by atoms with E-state index in [2.05, 4.69) is 48.1 Å². The lowest BCUT2D eigenvalue weighted by atomic mass is 9.78. The number of aromatic nitrogens is 2. The normalized spacial score (nSPS) is 17.9. The van der Waals surface area contributed by atoms with Gasteiger partial charge in [0.05, 0.1) is 11.2 Å². The van der Waals surface area contributed by atoms with Crippen LogP contribution in [0.5, 0.6) is 0 Å². The fraction of sp³-hybridized carbons (Fsp3) is 0.533. The lowest BCUT2D eigenvalue weighted by Gasteiger charge is -2.39. The second-order valence-corrected chi connectivity index (χ2v) is 5.55. The monoisotopic (exact) mass is 243 g/mol. The summed E-state index contributed by atoms with van der Waals surface area (Å²) in [4.78, 5) is 0. The van der Waals surface area contributed by atoms with Crippen LogP contribution in [0.1, 0.15) is 38.8 Å². The van der Waals surface area contributed by atoms with E-state index in [1.165, 1.54) is 35.9 Å². The van der Waals surface area contributed by atoms with Gasteiger partial charge in [0.1, 0.15) is 0 Å². The van der Waals surface area contributed by atoms with Crippen molar-refractivity contribution in [3.8, 4) is 0 Å². The summed E-state index contributed by atoms with van der Waals surface area (Å²) in [5, 5.41) is 9.68. The van der Waals surface area contributed by atoms with Crippen LogP contribution in [0.25, 0.3) is 10.9 Å². The molecule has 0 aliphatic heterocycles. The summed E-state index contributed by atoms with van der Waals surface area (Å²) in [6.45, 7) is 6.27. The van der Waals surface area contributed by atoms with Crippen molar-refractivity contribution in [1.82, 2.24) is 15.1 Å². The Morgan fingerprint density at radius 2 is 2.11 bits per heavy atom. The highest BCUT2D eigenvalue weighted by Gasteiger charge is 2.31. The Balaban J connectivity index is 1.87. The van der Waals surface area contributed by atoms with Crippen molar-refractivity contribution in [3.63, 3.8) is 0 Å². The molecule has 3 rings (SSSR count). The van der Waals surface area contributed by atoms with Gasteiger partial charge in [-0.2, -0.15) is 5.10 Å². The van der Waals surface area contributed by atoms with E-state index < -0.39 is 0 Å². The zero-order valence-electron chi connectivity index (χ0n) is 11.2. The summed E-state index contributed by atoms with van der Waals surface area (Å²) in [6.07, 6.45) is 3.94. The summed E-state index contributed by atoms with van der Waals surface area (Å²) in [5.41, 5.74) is 2.77. The quantitative estimate of drug-likeness (QED) is 0.894. The molecular weight excluding hydrogens is 222 g/mol. The molecule has 0 amide bonds. The molecule has 18 heavy (non-hydrogen) atoms.